The first-order chi connectivity index (χ1) is 15.4. The average molecular weight is 430 g/mol. The van der Waals surface area contributed by atoms with Gasteiger partial charge in [0.25, 0.3) is 11.8 Å². The number of benzene rings is 3. The Morgan fingerprint density at radius 2 is 1.56 bits per heavy atom. The molecule has 0 aliphatic carbocycles. The molecular weight excluding hydrogens is 410 g/mol. The molecule has 0 radical (unpaired) electrons. The van der Waals surface area contributed by atoms with E-state index in [0.29, 0.717) is 24.7 Å². The van der Waals surface area contributed by atoms with Crippen molar-refractivity contribution in [1.82, 2.24) is 4.90 Å². The molecule has 0 bridgehead atoms. The number of nitrogens with zero attached hydrogens (tertiary/aromatic N) is 2. The molecule has 2 amide bonds. The Labute approximate surface area is 184 Å². The molecule has 2 aliphatic rings. The van der Waals surface area contributed by atoms with Crippen molar-refractivity contribution in [1.29, 1.82) is 0 Å². The number of carbonyl (C=O) groups excluding carboxylic acids is 2. The summed E-state index contributed by atoms with van der Waals surface area (Å²) in [4.78, 5) is 29.8. The zero-order chi connectivity index (χ0) is 22.4. The van der Waals surface area contributed by atoms with Crippen molar-refractivity contribution in [2.24, 2.45) is 0 Å². The number of imide groups is 1. The third-order valence-corrected chi connectivity index (χ3v) is 6.00. The van der Waals surface area contributed by atoms with Gasteiger partial charge in [-0.15, -0.1) is 0 Å². The van der Waals surface area contributed by atoms with E-state index in [1.54, 1.807) is 12.1 Å². The topological polar surface area (TPSA) is 40.6 Å². The van der Waals surface area contributed by atoms with Crippen LogP contribution in [-0.2, 0) is 22.6 Å². The Hall–Kier alpha value is -3.80. The number of rotatable bonds is 3. The summed E-state index contributed by atoms with van der Waals surface area (Å²) in [5.74, 6) is -2.95. The first-order valence-corrected chi connectivity index (χ1v) is 10.4. The van der Waals surface area contributed by atoms with Crippen LogP contribution >= 0.6 is 0 Å². The number of halogens is 2. The van der Waals surface area contributed by atoms with E-state index >= 15 is 0 Å². The van der Waals surface area contributed by atoms with E-state index in [0.717, 1.165) is 34.6 Å². The highest BCUT2D eigenvalue weighted by Gasteiger charge is 2.43. The Morgan fingerprint density at radius 3 is 2.28 bits per heavy atom. The van der Waals surface area contributed by atoms with Gasteiger partial charge < -0.3 is 4.90 Å². The minimum Gasteiger partial charge on any atom is -0.362 e. The highest BCUT2D eigenvalue weighted by Crippen LogP contribution is 2.37. The fourth-order valence-corrected chi connectivity index (χ4v) is 4.36. The summed E-state index contributed by atoms with van der Waals surface area (Å²) in [5, 5.41) is 0. The Balaban J connectivity index is 1.63. The standard InChI is InChI=1S/C26H20F2N2O2/c1-16-6-8-18(9-7-16)23-24(29-13-12-17-4-2-3-5-19(17)15-29)26(32)30(25(23)31)22-11-10-20(27)14-21(22)28/h2-11,14H,12-13,15H2,1H3. The zero-order valence-electron chi connectivity index (χ0n) is 17.4. The van der Waals surface area contributed by atoms with Crippen LogP contribution in [0.4, 0.5) is 14.5 Å². The first-order valence-electron chi connectivity index (χ1n) is 10.4. The monoisotopic (exact) mass is 430 g/mol. The SMILES string of the molecule is Cc1ccc(C2=C(N3CCc4ccccc4C3)C(=O)N(c3ccc(F)cc3F)C2=O)cc1. The van der Waals surface area contributed by atoms with Crippen LogP contribution in [0.25, 0.3) is 5.57 Å². The van der Waals surface area contributed by atoms with Gasteiger partial charge in [0, 0.05) is 19.2 Å². The molecule has 3 aromatic rings. The molecule has 3 aromatic carbocycles. The number of amides is 2. The number of aryl methyl sites for hydroxylation is 1. The van der Waals surface area contributed by atoms with Crippen LogP contribution in [0, 0.1) is 18.6 Å². The molecule has 32 heavy (non-hydrogen) atoms. The average Bonchev–Trinajstić information content (AvgIpc) is 3.04. The summed E-state index contributed by atoms with van der Waals surface area (Å²) < 4.78 is 28.0. The Kier molecular flexibility index (Phi) is 4.85. The van der Waals surface area contributed by atoms with Crippen molar-refractivity contribution >= 4 is 23.1 Å². The van der Waals surface area contributed by atoms with Gasteiger partial charge in [-0.05, 0) is 42.2 Å². The van der Waals surface area contributed by atoms with Crippen LogP contribution in [0.2, 0.25) is 0 Å². The number of hydrogen-bond donors (Lipinski definition) is 0. The van der Waals surface area contributed by atoms with Crippen LogP contribution < -0.4 is 4.90 Å². The van der Waals surface area contributed by atoms with Crippen LogP contribution in [0.5, 0.6) is 0 Å². The minimum absolute atomic E-state index is 0.234. The molecule has 2 aliphatic heterocycles. The molecule has 2 heterocycles. The van der Waals surface area contributed by atoms with Gasteiger partial charge in [-0.2, -0.15) is 0 Å². The second kappa shape index (κ2) is 7.71. The largest absolute Gasteiger partial charge is 0.362 e. The van der Waals surface area contributed by atoms with Gasteiger partial charge in [0.1, 0.15) is 17.3 Å². The third kappa shape index (κ3) is 3.28. The van der Waals surface area contributed by atoms with E-state index in [4.69, 9.17) is 0 Å². The van der Waals surface area contributed by atoms with Crippen LogP contribution in [0.15, 0.2) is 72.4 Å². The fourth-order valence-electron chi connectivity index (χ4n) is 4.36. The quantitative estimate of drug-likeness (QED) is 0.570. The molecular formula is C26H20F2N2O2. The molecule has 0 N–H and O–H groups in total. The fraction of sp³-hybridized carbons (Fsp3) is 0.154. The van der Waals surface area contributed by atoms with Gasteiger partial charge in [-0.3, -0.25) is 9.59 Å². The highest BCUT2D eigenvalue weighted by atomic mass is 19.1. The second-order valence-electron chi connectivity index (χ2n) is 8.07. The van der Waals surface area contributed by atoms with E-state index in [-0.39, 0.29) is 17.0 Å². The summed E-state index contributed by atoms with van der Waals surface area (Å²) >= 11 is 0. The van der Waals surface area contributed by atoms with Crippen molar-refractivity contribution in [3.05, 3.63) is 106 Å². The number of carbonyl (C=O) groups is 2. The van der Waals surface area contributed by atoms with E-state index in [1.807, 2.05) is 42.2 Å². The molecule has 6 heteroatoms. The number of fused-ring (bicyclic) bond motifs is 1. The maximum atomic E-state index is 14.6. The molecule has 4 nitrogen and oxygen atoms in total. The van der Waals surface area contributed by atoms with Crippen molar-refractivity contribution in [2.45, 2.75) is 19.9 Å². The summed E-state index contributed by atoms with van der Waals surface area (Å²) in [6.45, 7) is 2.96. The normalized spacial score (nSPS) is 16.1. The molecule has 0 spiro atoms. The predicted molar refractivity (Wildman–Crippen MR) is 118 cm³/mol. The predicted octanol–water partition coefficient (Wildman–Crippen LogP) is 4.62. The smallest absolute Gasteiger partial charge is 0.282 e. The lowest BCUT2D eigenvalue weighted by molar-refractivity contribution is -0.120. The van der Waals surface area contributed by atoms with Crippen molar-refractivity contribution in [3.8, 4) is 0 Å². The lowest BCUT2D eigenvalue weighted by Crippen LogP contribution is -2.37. The number of anilines is 1. The Bertz CT molecular complexity index is 1280. The van der Waals surface area contributed by atoms with E-state index in [1.165, 1.54) is 5.56 Å². The lowest BCUT2D eigenvalue weighted by Gasteiger charge is -2.31. The summed E-state index contributed by atoms with van der Waals surface area (Å²) in [6.07, 6.45) is 0.729. The van der Waals surface area contributed by atoms with Crippen molar-refractivity contribution < 1.29 is 18.4 Å². The van der Waals surface area contributed by atoms with Gasteiger partial charge >= 0.3 is 0 Å². The molecule has 0 atom stereocenters. The lowest BCUT2D eigenvalue weighted by atomic mass is 9.97. The molecule has 160 valence electrons. The van der Waals surface area contributed by atoms with Gasteiger partial charge in [0.15, 0.2) is 0 Å². The van der Waals surface area contributed by atoms with E-state index in [2.05, 4.69) is 6.07 Å². The molecule has 0 saturated carbocycles. The van der Waals surface area contributed by atoms with Gasteiger partial charge in [0.2, 0.25) is 0 Å². The second-order valence-corrected chi connectivity index (χ2v) is 8.07. The molecule has 0 unspecified atom stereocenters. The molecule has 0 saturated heterocycles. The van der Waals surface area contributed by atoms with Crippen LogP contribution in [0.3, 0.4) is 0 Å². The summed E-state index contributed by atoms with van der Waals surface area (Å²) in [6, 6.07) is 18.1. The molecule has 5 rings (SSSR count). The van der Waals surface area contributed by atoms with Gasteiger partial charge in [-0.25, -0.2) is 13.7 Å². The minimum atomic E-state index is -0.958. The van der Waals surface area contributed by atoms with E-state index < -0.39 is 23.4 Å². The van der Waals surface area contributed by atoms with E-state index in [9.17, 15) is 18.4 Å². The van der Waals surface area contributed by atoms with Crippen LogP contribution in [0.1, 0.15) is 22.3 Å². The van der Waals surface area contributed by atoms with Crippen molar-refractivity contribution in [2.75, 3.05) is 11.4 Å². The maximum Gasteiger partial charge on any atom is 0.282 e. The van der Waals surface area contributed by atoms with Gasteiger partial charge in [-0.1, -0.05) is 54.1 Å². The number of hydrogen-bond acceptors (Lipinski definition) is 3. The summed E-state index contributed by atoms with van der Waals surface area (Å²) in [7, 11) is 0. The van der Waals surface area contributed by atoms with Crippen molar-refractivity contribution in [3.63, 3.8) is 0 Å². The molecule has 0 aromatic heterocycles. The Morgan fingerprint density at radius 1 is 0.844 bits per heavy atom. The summed E-state index contributed by atoms with van der Waals surface area (Å²) in [5.41, 5.74) is 4.13. The molecule has 0 fully saturated rings. The zero-order valence-corrected chi connectivity index (χ0v) is 17.4. The van der Waals surface area contributed by atoms with Gasteiger partial charge in [0.05, 0.1) is 11.3 Å². The first kappa shape index (κ1) is 20.1. The van der Waals surface area contributed by atoms with Crippen LogP contribution in [-0.4, -0.2) is 23.3 Å². The maximum absolute atomic E-state index is 14.6. The third-order valence-electron chi connectivity index (χ3n) is 6.00. The highest BCUT2D eigenvalue weighted by molar-refractivity contribution is 6.45.